The van der Waals surface area contributed by atoms with Crippen molar-refractivity contribution in [3.8, 4) is 0 Å². The molecule has 2 aliphatic carbocycles. The standard InChI is InChI=1S/C22H25NO2/c1-2-11-23(20-9-7-17(8-10-20)22(24)25)21-13-18(15-3-4-15)12-19(14-21)16-5-6-16/h7-10,12-16H,2-6,11H2,1H3,(H,24,25). The van der Waals surface area contributed by atoms with E-state index >= 15 is 0 Å². The van der Waals surface area contributed by atoms with E-state index in [9.17, 15) is 4.79 Å². The molecule has 4 rings (SSSR count). The summed E-state index contributed by atoms with van der Waals surface area (Å²) in [6.07, 6.45) is 6.31. The lowest BCUT2D eigenvalue weighted by molar-refractivity contribution is 0.0697. The molecule has 3 nitrogen and oxygen atoms in total. The summed E-state index contributed by atoms with van der Waals surface area (Å²) in [5, 5.41) is 9.13. The van der Waals surface area contributed by atoms with Crippen LogP contribution in [0.5, 0.6) is 0 Å². The molecule has 0 unspecified atom stereocenters. The molecule has 2 aromatic rings. The van der Waals surface area contributed by atoms with Crippen molar-refractivity contribution < 1.29 is 9.90 Å². The Labute approximate surface area is 149 Å². The van der Waals surface area contributed by atoms with E-state index in [4.69, 9.17) is 5.11 Å². The molecule has 3 heteroatoms. The Hall–Kier alpha value is -2.29. The summed E-state index contributed by atoms with van der Waals surface area (Å²) in [6, 6.07) is 14.4. The highest BCUT2D eigenvalue weighted by Gasteiger charge is 2.29. The third-order valence-corrected chi connectivity index (χ3v) is 5.24. The predicted octanol–water partition coefficient (Wildman–Crippen LogP) is 5.69. The van der Waals surface area contributed by atoms with Gasteiger partial charge in [0.05, 0.1) is 5.56 Å². The molecule has 2 saturated carbocycles. The Morgan fingerprint density at radius 1 is 0.960 bits per heavy atom. The van der Waals surface area contributed by atoms with E-state index < -0.39 is 5.97 Å². The zero-order valence-corrected chi connectivity index (χ0v) is 14.7. The van der Waals surface area contributed by atoms with Gasteiger partial charge in [0.1, 0.15) is 0 Å². The summed E-state index contributed by atoms with van der Waals surface area (Å²) in [4.78, 5) is 13.5. The Morgan fingerprint density at radius 2 is 1.52 bits per heavy atom. The fourth-order valence-electron chi connectivity index (χ4n) is 3.53. The minimum absolute atomic E-state index is 0.339. The molecular weight excluding hydrogens is 310 g/mol. The molecule has 25 heavy (non-hydrogen) atoms. The number of carboxylic acids is 1. The van der Waals surface area contributed by atoms with Crippen LogP contribution in [0.1, 0.15) is 72.3 Å². The quantitative estimate of drug-likeness (QED) is 0.707. The van der Waals surface area contributed by atoms with Crippen LogP contribution < -0.4 is 4.90 Å². The summed E-state index contributed by atoms with van der Waals surface area (Å²) < 4.78 is 0. The second-order valence-electron chi connectivity index (χ2n) is 7.41. The molecule has 0 aromatic heterocycles. The van der Waals surface area contributed by atoms with E-state index in [0.29, 0.717) is 5.56 Å². The molecular formula is C22H25NO2. The molecule has 0 bridgehead atoms. The Kier molecular flexibility index (Phi) is 4.24. The van der Waals surface area contributed by atoms with Crippen LogP contribution in [0.2, 0.25) is 0 Å². The number of anilines is 2. The fourth-order valence-corrected chi connectivity index (χ4v) is 3.53. The number of carboxylic acid groups (broad SMARTS) is 1. The molecule has 1 N–H and O–H groups in total. The normalized spacial score (nSPS) is 16.7. The summed E-state index contributed by atoms with van der Waals surface area (Å²) in [5.41, 5.74) is 5.65. The van der Waals surface area contributed by atoms with Gasteiger partial charge in [-0.05, 0) is 91.5 Å². The molecule has 0 radical (unpaired) electrons. The SMILES string of the molecule is CCCN(c1ccc(C(=O)O)cc1)c1cc(C2CC2)cc(C2CC2)c1. The average Bonchev–Trinajstić information content (AvgIpc) is 3.50. The highest BCUT2D eigenvalue weighted by molar-refractivity contribution is 5.88. The minimum atomic E-state index is -0.875. The van der Waals surface area contributed by atoms with Crippen LogP contribution in [0.4, 0.5) is 11.4 Å². The third-order valence-electron chi connectivity index (χ3n) is 5.24. The van der Waals surface area contributed by atoms with Crippen LogP contribution in [0.3, 0.4) is 0 Å². The van der Waals surface area contributed by atoms with Crippen LogP contribution in [0, 0.1) is 0 Å². The van der Waals surface area contributed by atoms with Crippen molar-refractivity contribution in [2.45, 2.75) is 50.9 Å². The van der Waals surface area contributed by atoms with E-state index in [1.807, 2.05) is 12.1 Å². The summed E-state index contributed by atoms with van der Waals surface area (Å²) in [5.74, 6) is 0.617. The fraction of sp³-hybridized carbons (Fsp3) is 0.409. The predicted molar refractivity (Wildman–Crippen MR) is 101 cm³/mol. The first-order valence-electron chi connectivity index (χ1n) is 9.41. The van der Waals surface area contributed by atoms with Gasteiger partial charge in [-0.25, -0.2) is 4.79 Å². The molecule has 0 amide bonds. The smallest absolute Gasteiger partial charge is 0.335 e. The lowest BCUT2D eigenvalue weighted by Gasteiger charge is -2.26. The summed E-state index contributed by atoms with van der Waals surface area (Å²) >= 11 is 0. The zero-order chi connectivity index (χ0) is 17.4. The Bertz CT molecular complexity index is 743. The first-order valence-corrected chi connectivity index (χ1v) is 9.41. The lowest BCUT2D eigenvalue weighted by Crippen LogP contribution is -2.18. The van der Waals surface area contributed by atoms with E-state index in [0.717, 1.165) is 30.5 Å². The number of hydrogen-bond acceptors (Lipinski definition) is 2. The number of benzene rings is 2. The van der Waals surface area contributed by atoms with Gasteiger partial charge in [-0.3, -0.25) is 0 Å². The zero-order valence-electron chi connectivity index (χ0n) is 14.7. The van der Waals surface area contributed by atoms with E-state index in [2.05, 4.69) is 30.0 Å². The number of carbonyl (C=O) groups is 1. The van der Waals surface area contributed by atoms with E-state index in [1.54, 1.807) is 12.1 Å². The average molecular weight is 335 g/mol. The number of rotatable bonds is 7. The van der Waals surface area contributed by atoms with E-state index in [-0.39, 0.29) is 0 Å². The van der Waals surface area contributed by atoms with Gasteiger partial charge in [-0.1, -0.05) is 13.0 Å². The maximum atomic E-state index is 11.1. The van der Waals surface area contributed by atoms with Crippen molar-refractivity contribution in [2.75, 3.05) is 11.4 Å². The van der Waals surface area contributed by atoms with Crippen LogP contribution in [0.25, 0.3) is 0 Å². The molecule has 0 saturated heterocycles. The van der Waals surface area contributed by atoms with Crippen molar-refractivity contribution in [1.82, 2.24) is 0 Å². The largest absolute Gasteiger partial charge is 0.478 e. The Morgan fingerprint density at radius 3 is 1.96 bits per heavy atom. The van der Waals surface area contributed by atoms with Gasteiger partial charge in [-0.15, -0.1) is 0 Å². The van der Waals surface area contributed by atoms with Gasteiger partial charge in [-0.2, -0.15) is 0 Å². The molecule has 2 aromatic carbocycles. The molecule has 2 aliphatic rings. The summed E-state index contributed by atoms with van der Waals surface area (Å²) in [6.45, 7) is 3.12. The molecule has 0 atom stereocenters. The third kappa shape index (κ3) is 3.55. The van der Waals surface area contributed by atoms with Crippen LogP contribution in [-0.4, -0.2) is 17.6 Å². The van der Waals surface area contributed by atoms with E-state index in [1.165, 1.54) is 42.5 Å². The van der Waals surface area contributed by atoms with Crippen molar-refractivity contribution in [3.05, 3.63) is 59.2 Å². The van der Waals surface area contributed by atoms with Crippen molar-refractivity contribution >= 4 is 17.3 Å². The van der Waals surface area contributed by atoms with Crippen LogP contribution in [0.15, 0.2) is 42.5 Å². The van der Waals surface area contributed by atoms with Gasteiger partial charge in [0, 0.05) is 17.9 Å². The van der Waals surface area contributed by atoms with Gasteiger partial charge >= 0.3 is 5.97 Å². The second-order valence-corrected chi connectivity index (χ2v) is 7.41. The summed E-state index contributed by atoms with van der Waals surface area (Å²) in [7, 11) is 0. The van der Waals surface area contributed by atoms with Gasteiger partial charge in [0.25, 0.3) is 0 Å². The van der Waals surface area contributed by atoms with Crippen molar-refractivity contribution in [1.29, 1.82) is 0 Å². The lowest BCUT2D eigenvalue weighted by atomic mass is 10.0. The van der Waals surface area contributed by atoms with Gasteiger partial charge < -0.3 is 10.0 Å². The number of hydrogen-bond donors (Lipinski definition) is 1. The van der Waals surface area contributed by atoms with Crippen molar-refractivity contribution in [2.24, 2.45) is 0 Å². The molecule has 0 heterocycles. The minimum Gasteiger partial charge on any atom is -0.478 e. The maximum Gasteiger partial charge on any atom is 0.335 e. The second kappa shape index (κ2) is 6.55. The van der Waals surface area contributed by atoms with Crippen LogP contribution >= 0.6 is 0 Å². The molecule has 2 fully saturated rings. The van der Waals surface area contributed by atoms with Crippen molar-refractivity contribution in [3.63, 3.8) is 0 Å². The first kappa shape index (κ1) is 16.2. The maximum absolute atomic E-state index is 11.1. The highest BCUT2D eigenvalue weighted by atomic mass is 16.4. The topological polar surface area (TPSA) is 40.5 Å². The monoisotopic (exact) mass is 335 g/mol. The molecule has 0 aliphatic heterocycles. The molecule has 0 spiro atoms. The molecule has 130 valence electrons. The first-order chi connectivity index (χ1) is 12.2. The number of nitrogens with zero attached hydrogens (tertiary/aromatic N) is 1. The van der Waals surface area contributed by atoms with Gasteiger partial charge in [0.15, 0.2) is 0 Å². The number of aromatic carboxylic acids is 1. The Balaban J connectivity index is 1.71. The van der Waals surface area contributed by atoms with Crippen LogP contribution in [-0.2, 0) is 0 Å². The highest BCUT2D eigenvalue weighted by Crippen LogP contribution is 2.47. The van der Waals surface area contributed by atoms with Gasteiger partial charge in [0.2, 0.25) is 0 Å².